The van der Waals surface area contributed by atoms with Crippen LogP contribution in [-0.2, 0) is 4.74 Å². The normalized spacial score (nSPS) is 31.3. The van der Waals surface area contributed by atoms with Crippen molar-refractivity contribution in [3.63, 3.8) is 0 Å². The predicted octanol–water partition coefficient (Wildman–Crippen LogP) is 2.92. The molecule has 0 aliphatic carbocycles. The fraction of sp³-hybridized carbons (Fsp3) is 0.625. The van der Waals surface area contributed by atoms with Crippen LogP contribution >= 0.6 is 11.8 Å². The van der Waals surface area contributed by atoms with Crippen LogP contribution in [0.15, 0.2) is 18.2 Å². The molecule has 3 aliphatic heterocycles. The van der Waals surface area contributed by atoms with Gasteiger partial charge >= 0.3 is 0 Å². The number of benzene rings is 1. The summed E-state index contributed by atoms with van der Waals surface area (Å²) >= 11 is 2.02. The molecule has 114 valence electrons. The number of hydrogen-bond acceptors (Lipinski definition) is 5. The maximum Gasteiger partial charge on any atom is 0.163 e. The summed E-state index contributed by atoms with van der Waals surface area (Å²) in [5.41, 5.74) is 1.24. The zero-order chi connectivity index (χ0) is 14.1. The highest BCUT2D eigenvalue weighted by Crippen LogP contribution is 2.39. The van der Waals surface area contributed by atoms with Crippen LogP contribution in [0, 0.1) is 0 Å². The minimum atomic E-state index is 0.119. The van der Waals surface area contributed by atoms with E-state index in [-0.39, 0.29) is 5.60 Å². The standard InChI is InChI=1S/C16H21NO3S/c1-2-14-15(19-7-6-18-14)9-12(1)17-13-3-5-20-16(10-13)4-8-21-11-16/h1-2,9,13,17H,3-8,10-11H2. The summed E-state index contributed by atoms with van der Waals surface area (Å²) in [6, 6.07) is 6.62. The van der Waals surface area contributed by atoms with Gasteiger partial charge in [-0.05, 0) is 37.1 Å². The van der Waals surface area contributed by atoms with E-state index in [1.807, 2.05) is 17.8 Å². The Morgan fingerprint density at radius 1 is 1.14 bits per heavy atom. The lowest BCUT2D eigenvalue weighted by atomic mass is 9.90. The lowest BCUT2D eigenvalue weighted by Crippen LogP contribution is -2.44. The van der Waals surface area contributed by atoms with Gasteiger partial charge in [-0.3, -0.25) is 0 Å². The van der Waals surface area contributed by atoms with Crippen molar-refractivity contribution in [1.29, 1.82) is 0 Å². The minimum absolute atomic E-state index is 0.119. The second kappa shape index (κ2) is 5.61. The third-order valence-corrected chi connectivity index (χ3v) is 5.70. The summed E-state index contributed by atoms with van der Waals surface area (Å²) in [7, 11) is 0. The molecule has 3 heterocycles. The number of fused-ring (bicyclic) bond motifs is 1. The fourth-order valence-electron chi connectivity index (χ4n) is 3.38. The molecule has 2 fully saturated rings. The third kappa shape index (κ3) is 2.81. The van der Waals surface area contributed by atoms with Gasteiger partial charge in [0.15, 0.2) is 11.5 Å². The zero-order valence-corrected chi connectivity index (χ0v) is 12.9. The van der Waals surface area contributed by atoms with Crippen molar-refractivity contribution in [1.82, 2.24) is 0 Å². The minimum Gasteiger partial charge on any atom is -0.486 e. The summed E-state index contributed by atoms with van der Waals surface area (Å²) in [5, 5.41) is 3.66. The van der Waals surface area contributed by atoms with E-state index in [1.165, 1.54) is 12.2 Å². The van der Waals surface area contributed by atoms with E-state index in [1.54, 1.807) is 0 Å². The Morgan fingerprint density at radius 2 is 2.05 bits per heavy atom. The van der Waals surface area contributed by atoms with Gasteiger partial charge in [0.05, 0.1) is 5.60 Å². The van der Waals surface area contributed by atoms with Gasteiger partial charge in [0.2, 0.25) is 0 Å². The highest BCUT2D eigenvalue weighted by atomic mass is 32.2. The van der Waals surface area contributed by atoms with Crippen molar-refractivity contribution in [3.05, 3.63) is 18.2 Å². The summed E-state index contributed by atoms with van der Waals surface area (Å²) in [6.45, 7) is 2.14. The molecular weight excluding hydrogens is 286 g/mol. The Labute approximate surface area is 129 Å². The monoisotopic (exact) mass is 307 g/mol. The summed E-state index contributed by atoms with van der Waals surface area (Å²) < 4.78 is 17.3. The highest BCUT2D eigenvalue weighted by Gasteiger charge is 2.40. The van der Waals surface area contributed by atoms with Crippen molar-refractivity contribution in [2.75, 3.05) is 36.6 Å². The Morgan fingerprint density at radius 3 is 2.90 bits per heavy atom. The van der Waals surface area contributed by atoms with Crippen LogP contribution in [0.5, 0.6) is 11.5 Å². The molecule has 4 rings (SSSR count). The molecule has 1 aromatic rings. The topological polar surface area (TPSA) is 39.7 Å². The Bertz CT molecular complexity index is 516. The van der Waals surface area contributed by atoms with Crippen LogP contribution in [0.3, 0.4) is 0 Å². The molecule has 0 aromatic heterocycles. The molecule has 3 aliphatic rings. The number of rotatable bonds is 2. The van der Waals surface area contributed by atoms with Gasteiger partial charge in [0.25, 0.3) is 0 Å². The number of ether oxygens (including phenoxy) is 3. The van der Waals surface area contributed by atoms with Crippen molar-refractivity contribution < 1.29 is 14.2 Å². The van der Waals surface area contributed by atoms with Crippen molar-refractivity contribution in [3.8, 4) is 11.5 Å². The number of thioether (sulfide) groups is 1. The molecule has 0 radical (unpaired) electrons. The van der Waals surface area contributed by atoms with Crippen molar-refractivity contribution in [2.24, 2.45) is 0 Å². The van der Waals surface area contributed by atoms with E-state index in [0.717, 1.165) is 42.4 Å². The molecule has 5 heteroatoms. The largest absolute Gasteiger partial charge is 0.486 e. The van der Waals surface area contributed by atoms with E-state index in [9.17, 15) is 0 Å². The van der Waals surface area contributed by atoms with Crippen LogP contribution in [0.25, 0.3) is 0 Å². The number of nitrogens with one attached hydrogen (secondary N) is 1. The quantitative estimate of drug-likeness (QED) is 0.909. The van der Waals surface area contributed by atoms with Crippen molar-refractivity contribution in [2.45, 2.75) is 30.9 Å². The zero-order valence-electron chi connectivity index (χ0n) is 12.1. The molecule has 2 atom stereocenters. The first-order valence-electron chi connectivity index (χ1n) is 7.71. The van der Waals surface area contributed by atoms with Gasteiger partial charge in [-0.15, -0.1) is 0 Å². The van der Waals surface area contributed by atoms with E-state index in [0.29, 0.717) is 19.3 Å². The maximum absolute atomic E-state index is 6.08. The number of hydrogen-bond donors (Lipinski definition) is 1. The van der Waals surface area contributed by atoms with Crippen LogP contribution in [0.2, 0.25) is 0 Å². The molecule has 1 N–H and O–H groups in total. The second-order valence-corrected chi connectivity index (χ2v) is 7.13. The van der Waals surface area contributed by atoms with Gasteiger partial charge < -0.3 is 19.5 Å². The molecule has 2 saturated heterocycles. The molecule has 21 heavy (non-hydrogen) atoms. The molecule has 0 saturated carbocycles. The Hall–Kier alpha value is -1.07. The van der Waals surface area contributed by atoms with Gasteiger partial charge in [0.1, 0.15) is 13.2 Å². The van der Waals surface area contributed by atoms with E-state index >= 15 is 0 Å². The second-order valence-electron chi connectivity index (χ2n) is 6.03. The van der Waals surface area contributed by atoms with Gasteiger partial charge in [-0.25, -0.2) is 0 Å². The smallest absolute Gasteiger partial charge is 0.163 e. The summed E-state index contributed by atoms with van der Waals surface area (Å²) in [4.78, 5) is 0. The number of anilines is 1. The van der Waals surface area contributed by atoms with Gasteiger partial charge in [-0.2, -0.15) is 11.8 Å². The first-order chi connectivity index (χ1) is 10.3. The van der Waals surface area contributed by atoms with Gasteiger partial charge in [-0.1, -0.05) is 0 Å². The first-order valence-corrected chi connectivity index (χ1v) is 8.86. The average molecular weight is 307 g/mol. The fourth-order valence-corrected chi connectivity index (χ4v) is 4.76. The molecule has 1 spiro atoms. The third-order valence-electron chi connectivity index (χ3n) is 4.47. The molecule has 0 bridgehead atoms. The van der Waals surface area contributed by atoms with Crippen LogP contribution in [-0.4, -0.2) is 43.0 Å². The van der Waals surface area contributed by atoms with Crippen LogP contribution in [0.1, 0.15) is 19.3 Å². The predicted molar refractivity (Wildman–Crippen MR) is 84.7 cm³/mol. The van der Waals surface area contributed by atoms with E-state index in [2.05, 4.69) is 17.4 Å². The van der Waals surface area contributed by atoms with E-state index in [4.69, 9.17) is 14.2 Å². The summed E-state index contributed by atoms with van der Waals surface area (Å²) in [6.07, 6.45) is 3.37. The van der Waals surface area contributed by atoms with Gasteiger partial charge in [0, 0.05) is 30.2 Å². The molecular formula is C16H21NO3S. The average Bonchev–Trinajstić information content (AvgIpc) is 2.95. The molecule has 1 aromatic carbocycles. The molecule has 0 amide bonds. The molecule has 2 unspecified atom stereocenters. The lowest BCUT2D eigenvalue weighted by molar-refractivity contribution is -0.0628. The van der Waals surface area contributed by atoms with Crippen molar-refractivity contribution >= 4 is 17.4 Å². The van der Waals surface area contributed by atoms with Crippen LogP contribution in [0.4, 0.5) is 5.69 Å². The van der Waals surface area contributed by atoms with Crippen LogP contribution < -0.4 is 14.8 Å². The highest BCUT2D eigenvalue weighted by molar-refractivity contribution is 7.99. The maximum atomic E-state index is 6.08. The SMILES string of the molecule is c1cc2c(cc1NC1CCOC3(CCSC3)C1)OCCO2. The lowest BCUT2D eigenvalue weighted by Gasteiger charge is -2.38. The summed E-state index contributed by atoms with van der Waals surface area (Å²) in [5.74, 6) is 4.08. The first kappa shape index (κ1) is 13.6. The molecule has 4 nitrogen and oxygen atoms in total. The van der Waals surface area contributed by atoms with E-state index < -0.39 is 0 Å². The Balaban J connectivity index is 1.45. The Kier molecular flexibility index (Phi) is 3.63.